The summed E-state index contributed by atoms with van der Waals surface area (Å²) in [5.74, 6) is -0.427. The zero-order chi connectivity index (χ0) is 17.0. The first-order valence-electron chi connectivity index (χ1n) is 7.90. The van der Waals surface area contributed by atoms with Gasteiger partial charge < -0.3 is 5.32 Å². The lowest BCUT2D eigenvalue weighted by Gasteiger charge is -2.20. The van der Waals surface area contributed by atoms with Crippen molar-refractivity contribution >= 4 is 5.91 Å². The number of rotatable bonds is 4. The smallest absolute Gasteiger partial charge is 0.224 e. The number of nitrogens with one attached hydrogen (secondary N) is 1. The van der Waals surface area contributed by atoms with E-state index in [1.165, 1.54) is 17.7 Å². The van der Waals surface area contributed by atoms with Gasteiger partial charge in [0.15, 0.2) is 0 Å². The molecule has 2 nitrogen and oxygen atoms in total. The highest BCUT2D eigenvalue weighted by Crippen LogP contribution is 2.23. The Kier molecular flexibility index (Phi) is 5.19. The van der Waals surface area contributed by atoms with Crippen molar-refractivity contribution in [2.75, 3.05) is 0 Å². The predicted octanol–water partition coefficient (Wildman–Crippen LogP) is 4.54. The van der Waals surface area contributed by atoms with Crippen LogP contribution < -0.4 is 5.32 Å². The number of halogens is 1. The summed E-state index contributed by atoms with van der Waals surface area (Å²) in [6.07, 6.45) is 0.183. The van der Waals surface area contributed by atoms with Crippen LogP contribution in [0.25, 0.3) is 0 Å². The van der Waals surface area contributed by atoms with Gasteiger partial charge >= 0.3 is 0 Å². The standard InChI is InChI=1S/C20H24FNO/c1-14(16-8-10-17(11-9-16)20(2,3)4)22-19(23)13-15-6-5-7-18(21)12-15/h5-12,14H,13H2,1-4H3,(H,22,23). The Morgan fingerprint density at radius 3 is 2.35 bits per heavy atom. The molecule has 0 bridgehead atoms. The van der Waals surface area contributed by atoms with E-state index in [0.29, 0.717) is 5.56 Å². The van der Waals surface area contributed by atoms with Crippen LogP contribution in [-0.2, 0) is 16.6 Å². The van der Waals surface area contributed by atoms with Gasteiger partial charge in [0.2, 0.25) is 5.91 Å². The molecule has 122 valence electrons. The van der Waals surface area contributed by atoms with Crippen molar-refractivity contribution in [3.63, 3.8) is 0 Å². The zero-order valence-electron chi connectivity index (χ0n) is 14.2. The maximum absolute atomic E-state index is 13.1. The molecule has 0 aliphatic rings. The lowest BCUT2D eigenvalue weighted by molar-refractivity contribution is -0.121. The molecule has 1 N–H and O–H groups in total. The molecule has 0 aliphatic carbocycles. The topological polar surface area (TPSA) is 29.1 Å². The van der Waals surface area contributed by atoms with Crippen molar-refractivity contribution in [3.05, 3.63) is 71.0 Å². The minimum absolute atomic E-state index is 0.0786. The Labute approximate surface area is 137 Å². The third-order valence-corrected chi connectivity index (χ3v) is 3.91. The molecule has 0 saturated carbocycles. The highest BCUT2D eigenvalue weighted by Gasteiger charge is 2.15. The maximum Gasteiger partial charge on any atom is 0.224 e. The van der Waals surface area contributed by atoms with Gasteiger partial charge in [-0.15, -0.1) is 0 Å². The number of carbonyl (C=O) groups is 1. The Morgan fingerprint density at radius 2 is 1.78 bits per heavy atom. The van der Waals surface area contributed by atoms with Crippen LogP contribution in [0.4, 0.5) is 4.39 Å². The number of hydrogen-bond donors (Lipinski definition) is 1. The van der Waals surface area contributed by atoms with Crippen LogP contribution in [0.5, 0.6) is 0 Å². The first kappa shape index (κ1) is 17.2. The normalized spacial score (nSPS) is 12.7. The molecule has 1 atom stereocenters. The van der Waals surface area contributed by atoms with Crippen molar-refractivity contribution < 1.29 is 9.18 Å². The predicted molar refractivity (Wildman–Crippen MR) is 91.8 cm³/mol. The number of carbonyl (C=O) groups excluding carboxylic acids is 1. The third-order valence-electron chi connectivity index (χ3n) is 3.91. The van der Waals surface area contributed by atoms with Crippen molar-refractivity contribution in [2.45, 2.75) is 45.6 Å². The summed E-state index contributed by atoms with van der Waals surface area (Å²) in [5, 5.41) is 2.96. The first-order chi connectivity index (χ1) is 10.8. The molecule has 0 aliphatic heterocycles. The van der Waals surface area contributed by atoms with E-state index >= 15 is 0 Å². The Balaban J connectivity index is 1.98. The van der Waals surface area contributed by atoms with E-state index in [9.17, 15) is 9.18 Å². The summed E-state index contributed by atoms with van der Waals surface area (Å²) < 4.78 is 13.1. The van der Waals surface area contributed by atoms with Gasteiger partial charge in [-0.25, -0.2) is 4.39 Å². The number of amides is 1. The molecular weight excluding hydrogens is 289 g/mol. The highest BCUT2D eigenvalue weighted by molar-refractivity contribution is 5.79. The molecule has 3 heteroatoms. The van der Waals surface area contributed by atoms with E-state index in [1.807, 2.05) is 19.1 Å². The summed E-state index contributed by atoms with van der Waals surface area (Å²) in [7, 11) is 0. The molecule has 1 amide bonds. The van der Waals surface area contributed by atoms with Crippen LogP contribution in [0.3, 0.4) is 0 Å². The molecule has 0 spiro atoms. The zero-order valence-corrected chi connectivity index (χ0v) is 14.2. The van der Waals surface area contributed by atoms with Crippen molar-refractivity contribution in [1.82, 2.24) is 5.32 Å². The van der Waals surface area contributed by atoms with E-state index in [0.717, 1.165) is 5.56 Å². The Morgan fingerprint density at radius 1 is 1.13 bits per heavy atom. The Hall–Kier alpha value is -2.16. The van der Waals surface area contributed by atoms with E-state index in [-0.39, 0.29) is 29.6 Å². The van der Waals surface area contributed by atoms with Crippen LogP contribution in [0, 0.1) is 5.82 Å². The van der Waals surface area contributed by atoms with Crippen LogP contribution in [0.15, 0.2) is 48.5 Å². The minimum Gasteiger partial charge on any atom is -0.349 e. The summed E-state index contributed by atoms with van der Waals surface area (Å²) in [5.41, 5.74) is 3.12. The molecule has 2 aromatic carbocycles. The largest absolute Gasteiger partial charge is 0.349 e. The quantitative estimate of drug-likeness (QED) is 0.882. The molecule has 0 fully saturated rings. The lowest BCUT2D eigenvalue weighted by Crippen LogP contribution is -2.28. The van der Waals surface area contributed by atoms with E-state index in [2.05, 4.69) is 38.2 Å². The van der Waals surface area contributed by atoms with Crippen molar-refractivity contribution in [1.29, 1.82) is 0 Å². The average Bonchev–Trinajstić information content (AvgIpc) is 2.46. The molecular formula is C20H24FNO. The second-order valence-corrected chi connectivity index (χ2v) is 6.97. The molecule has 0 aromatic heterocycles. The summed E-state index contributed by atoms with van der Waals surface area (Å²) >= 11 is 0. The maximum atomic E-state index is 13.1. The second kappa shape index (κ2) is 6.95. The van der Waals surface area contributed by atoms with Gasteiger partial charge in [-0.05, 0) is 41.2 Å². The summed E-state index contributed by atoms with van der Waals surface area (Å²) in [6, 6.07) is 14.4. The molecule has 0 radical (unpaired) electrons. The van der Waals surface area contributed by atoms with Gasteiger partial charge in [0, 0.05) is 0 Å². The SMILES string of the molecule is CC(NC(=O)Cc1cccc(F)c1)c1ccc(C(C)(C)C)cc1. The van der Waals surface area contributed by atoms with E-state index < -0.39 is 0 Å². The summed E-state index contributed by atoms with van der Waals surface area (Å²) in [4.78, 5) is 12.1. The monoisotopic (exact) mass is 313 g/mol. The molecule has 2 aromatic rings. The average molecular weight is 313 g/mol. The van der Waals surface area contributed by atoms with Gasteiger partial charge in [0.1, 0.15) is 5.82 Å². The summed E-state index contributed by atoms with van der Waals surface area (Å²) in [6.45, 7) is 8.47. The van der Waals surface area contributed by atoms with Crippen LogP contribution in [0.2, 0.25) is 0 Å². The fourth-order valence-corrected chi connectivity index (χ4v) is 2.48. The van der Waals surface area contributed by atoms with Gasteiger partial charge in [0.05, 0.1) is 12.5 Å². The fourth-order valence-electron chi connectivity index (χ4n) is 2.48. The van der Waals surface area contributed by atoms with Crippen molar-refractivity contribution in [2.24, 2.45) is 0 Å². The van der Waals surface area contributed by atoms with E-state index in [4.69, 9.17) is 0 Å². The molecule has 2 rings (SSSR count). The van der Waals surface area contributed by atoms with Crippen LogP contribution >= 0.6 is 0 Å². The second-order valence-electron chi connectivity index (χ2n) is 6.97. The van der Waals surface area contributed by atoms with Crippen molar-refractivity contribution in [3.8, 4) is 0 Å². The highest BCUT2D eigenvalue weighted by atomic mass is 19.1. The first-order valence-corrected chi connectivity index (χ1v) is 7.90. The van der Waals surface area contributed by atoms with Gasteiger partial charge in [-0.1, -0.05) is 57.2 Å². The lowest BCUT2D eigenvalue weighted by atomic mass is 9.86. The van der Waals surface area contributed by atoms with Crippen LogP contribution in [-0.4, -0.2) is 5.91 Å². The molecule has 0 saturated heterocycles. The van der Waals surface area contributed by atoms with Gasteiger partial charge in [-0.3, -0.25) is 4.79 Å². The molecule has 1 unspecified atom stereocenters. The molecule has 0 heterocycles. The van der Waals surface area contributed by atoms with Gasteiger partial charge in [0.25, 0.3) is 0 Å². The van der Waals surface area contributed by atoms with E-state index in [1.54, 1.807) is 12.1 Å². The minimum atomic E-state index is -0.318. The third kappa shape index (κ3) is 4.92. The Bertz CT molecular complexity index is 671. The number of benzene rings is 2. The van der Waals surface area contributed by atoms with Gasteiger partial charge in [-0.2, -0.15) is 0 Å². The fraction of sp³-hybridized carbons (Fsp3) is 0.350. The number of hydrogen-bond acceptors (Lipinski definition) is 1. The van der Waals surface area contributed by atoms with Crippen LogP contribution in [0.1, 0.15) is 50.4 Å². The molecule has 23 heavy (non-hydrogen) atoms.